The van der Waals surface area contributed by atoms with E-state index in [1.165, 1.54) is 0 Å². The number of nitrogens with zero attached hydrogens (tertiary/aromatic N) is 2. The summed E-state index contributed by atoms with van der Waals surface area (Å²) >= 11 is 11.8. The van der Waals surface area contributed by atoms with E-state index in [0.29, 0.717) is 28.0 Å². The molecule has 0 spiro atoms. The Balaban J connectivity index is 2.27. The molecule has 1 heterocycles. The summed E-state index contributed by atoms with van der Waals surface area (Å²) < 4.78 is 0. The molecule has 0 bridgehead atoms. The number of aryl methyl sites for hydroxylation is 1. The summed E-state index contributed by atoms with van der Waals surface area (Å²) in [6.45, 7) is 1.79. The van der Waals surface area contributed by atoms with Crippen LogP contribution in [-0.4, -0.2) is 15.1 Å². The standard InChI is InChI=1S/C13H12Cl2N2O/c1-8-4-10(7-18)17-13(16-8)6-9-2-3-11(14)12(15)5-9/h2-5,18H,6-7H2,1H3. The van der Waals surface area contributed by atoms with Gasteiger partial charge in [-0.05, 0) is 30.7 Å². The van der Waals surface area contributed by atoms with E-state index in [9.17, 15) is 0 Å². The zero-order chi connectivity index (χ0) is 13.1. The number of aliphatic hydroxyl groups excluding tert-OH is 1. The van der Waals surface area contributed by atoms with Crippen molar-refractivity contribution in [1.82, 2.24) is 9.97 Å². The molecule has 0 radical (unpaired) electrons. The smallest absolute Gasteiger partial charge is 0.133 e. The van der Waals surface area contributed by atoms with Gasteiger partial charge in [-0.2, -0.15) is 0 Å². The highest BCUT2D eigenvalue weighted by Gasteiger charge is 2.05. The van der Waals surface area contributed by atoms with E-state index in [2.05, 4.69) is 9.97 Å². The van der Waals surface area contributed by atoms with Crippen LogP contribution in [0.2, 0.25) is 10.0 Å². The summed E-state index contributed by atoms with van der Waals surface area (Å²) in [6.07, 6.45) is 0.561. The Morgan fingerprint density at radius 2 is 1.89 bits per heavy atom. The fourth-order valence-electron chi connectivity index (χ4n) is 1.69. The molecule has 3 nitrogen and oxygen atoms in total. The molecule has 0 unspecified atom stereocenters. The lowest BCUT2D eigenvalue weighted by Crippen LogP contribution is -2.02. The molecule has 0 saturated carbocycles. The second-order valence-electron chi connectivity index (χ2n) is 4.00. The van der Waals surface area contributed by atoms with E-state index < -0.39 is 0 Å². The van der Waals surface area contributed by atoms with Crippen LogP contribution >= 0.6 is 23.2 Å². The Kier molecular flexibility index (Phi) is 4.17. The Morgan fingerprint density at radius 3 is 2.56 bits per heavy atom. The van der Waals surface area contributed by atoms with Gasteiger partial charge in [-0.1, -0.05) is 29.3 Å². The maximum absolute atomic E-state index is 9.10. The molecule has 1 aromatic carbocycles. The fourth-order valence-corrected chi connectivity index (χ4v) is 2.01. The maximum Gasteiger partial charge on any atom is 0.133 e. The molecular weight excluding hydrogens is 271 g/mol. The van der Waals surface area contributed by atoms with Crippen LogP contribution in [0.15, 0.2) is 24.3 Å². The summed E-state index contributed by atoms with van der Waals surface area (Å²) in [5.41, 5.74) is 2.44. The maximum atomic E-state index is 9.10. The van der Waals surface area contributed by atoms with Gasteiger partial charge in [0.1, 0.15) is 5.82 Å². The highest BCUT2D eigenvalue weighted by molar-refractivity contribution is 6.42. The van der Waals surface area contributed by atoms with Crippen molar-refractivity contribution in [2.24, 2.45) is 0 Å². The number of aromatic nitrogens is 2. The van der Waals surface area contributed by atoms with Crippen LogP contribution in [0.4, 0.5) is 0 Å². The van der Waals surface area contributed by atoms with Crippen molar-refractivity contribution < 1.29 is 5.11 Å². The highest BCUT2D eigenvalue weighted by atomic mass is 35.5. The van der Waals surface area contributed by atoms with Crippen LogP contribution in [0.5, 0.6) is 0 Å². The Hall–Kier alpha value is -1.16. The van der Waals surface area contributed by atoms with Crippen molar-refractivity contribution in [2.75, 3.05) is 0 Å². The predicted molar refractivity (Wildman–Crippen MR) is 72.0 cm³/mol. The molecule has 18 heavy (non-hydrogen) atoms. The van der Waals surface area contributed by atoms with Gasteiger partial charge in [0.15, 0.2) is 0 Å². The lowest BCUT2D eigenvalue weighted by atomic mass is 10.1. The van der Waals surface area contributed by atoms with Gasteiger partial charge in [-0.3, -0.25) is 0 Å². The molecule has 1 aromatic heterocycles. The first-order valence-electron chi connectivity index (χ1n) is 5.46. The highest BCUT2D eigenvalue weighted by Crippen LogP contribution is 2.23. The predicted octanol–water partition coefficient (Wildman–Crippen LogP) is 3.17. The number of rotatable bonds is 3. The monoisotopic (exact) mass is 282 g/mol. The van der Waals surface area contributed by atoms with Crippen LogP contribution in [0.1, 0.15) is 22.8 Å². The fraction of sp³-hybridized carbons (Fsp3) is 0.231. The third-order valence-corrected chi connectivity index (χ3v) is 3.20. The summed E-state index contributed by atoms with van der Waals surface area (Å²) in [4.78, 5) is 8.59. The quantitative estimate of drug-likeness (QED) is 0.941. The summed E-state index contributed by atoms with van der Waals surface area (Å²) in [5.74, 6) is 0.664. The molecule has 0 aliphatic carbocycles. The second-order valence-corrected chi connectivity index (χ2v) is 4.81. The van der Waals surface area contributed by atoms with Gasteiger partial charge in [0.2, 0.25) is 0 Å². The van der Waals surface area contributed by atoms with E-state index in [4.69, 9.17) is 28.3 Å². The summed E-state index contributed by atoms with van der Waals surface area (Å²) in [5, 5.41) is 10.2. The molecule has 5 heteroatoms. The van der Waals surface area contributed by atoms with Crippen LogP contribution in [-0.2, 0) is 13.0 Å². The van der Waals surface area contributed by atoms with E-state index in [-0.39, 0.29) is 6.61 Å². The molecule has 0 aliphatic rings. The SMILES string of the molecule is Cc1cc(CO)nc(Cc2ccc(Cl)c(Cl)c2)n1. The average molecular weight is 283 g/mol. The van der Waals surface area contributed by atoms with Gasteiger partial charge in [-0.15, -0.1) is 0 Å². The number of halogens is 2. The first-order chi connectivity index (χ1) is 8.58. The van der Waals surface area contributed by atoms with Gasteiger partial charge in [0.05, 0.1) is 22.3 Å². The van der Waals surface area contributed by atoms with E-state index >= 15 is 0 Å². The average Bonchev–Trinajstić information content (AvgIpc) is 2.33. The summed E-state index contributed by atoms with van der Waals surface area (Å²) in [6, 6.07) is 7.20. The third kappa shape index (κ3) is 3.19. The van der Waals surface area contributed by atoms with Crippen LogP contribution in [0, 0.1) is 6.92 Å². The Morgan fingerprint density at radius 1 is 1.11 bits per heavy atom. The molecule has 2 rings (SSSR count). The molecular formula is C13H12Cl2N2O. The topological polar surface area (TPSA) is 46.0 Å². The third-order valence-electron chi connectivity index (χ3n) is 2.46. The van der Waals surface area contributed by atoms with E-state index in [1.807, 2.05) is 13.0 Å². The minimum absolute atomic E-state index is 0.0856. The zero-order valence-corrected chi connectivity index (χ0v) is 11.3. The lowest BCUT2D eigenvalue weighted by Gasteiger charge is -2.05. The lowest BCUT2D eigenvalue weighted by molar-refractivity contribution is 0.276. The number of hydrogen-bond donors (Lipinski definition) is 1. The van der Waals surface area contributed by atoms with Gasteiger partial charge in [0.25, 0.3) is 0 Å². The number of hydrogen-bond acceptors (Lipinski definition) is 3. The Bertz CT molecular complexity index is 573. The van der Waals surface area contributed by atoms with Crippen molar-refractivity contribution in [3.63, 3.8) is 0 Å². The second kappa shape index (κ2) is 5.65. The van der Waals surface area contributed by atoms with Gasteiger partial charge in [-0.25, -0.2) is 9.97 Å². The van der Waals surface area contributed by atoms with Crippen LogP contribution in [0.25, 0.3) is 0 Å². The van der Waals surface area contributed by atoms with Crippen molar-refractivity contribution in [1.29, 1.82) is 0 Å². The number of aliphatic hydroxyl groups is 1. The van der Waals surface area contributed by atoms with Gasteiger partial charge in [0, 0.05) is 12.1 Å². The molecule has 2 aromatic rings. The molecule has 0 aliphatic heterocycles. The molecule has 0 atom stereocenters. The molecule has 0 amide bonds. The molecule has 0 fully saturated rings. The van der Waals surface area contributed by atoms with Crippen LogP contribution in [0.3, 0.4) is 0 Å². The Labute approximate surface area is 115 Å². The minimum Gasteiger partial charge on any atom is -0.390 e. The molecule has 0 saturated heterocycles. The van der Waals surface area contributed by atoms with E-state index in [1.54, 1.807) is 18.2 Å². The summed E-state index contributed by atoms with van der Waals surface area (Å²) in [7, 11) is 0. The van der Waals surface area contributed by atoms with Crippen molar-refractivity contribution in [3.8, 4) is 0 Å². The van der Waals surface area contributed by atoms with Gasteiger partial charge >= 0.3 is 0 Å². The number of benzene rings is 1. The normalized spacial score (nSPS) is 10.7. The van der Waals surface area contributed by atoms with Crippen molar-refractivity contribution in [3.05, 3.63) is 57.1 Å². The van der Waals surface area contributed by atoms with Gasteiger partial charge < -0.3 is 5.11 Å². The largest absolute Gasteiger partial charge is 0.390 e. The molecule has 94 valence electrons. The van der Waals surface area contributed by atoms with Crippen molar-refractivity contribution in [2.45, 2.75) is 20.0 Å². The first kappa shape index (κ1) is 13.3. The molecule has 1 N–H and O–H groups in total. The zero-order valence-electron chi connectivity index (χ0n) is 9.82. The minimum atomic E-state index is -0.0856. The first-order valence-corrected chi connectivity index (χ1v) is 6.22. The van der Waals surface area contributed by atoms with Crippen LogP contribution < -0.4 is 0 Å². The van der Waals surface area contributed by atoms with Crippen molar-refractivity contribution >= 4 is 23.2 Å². The van der Waals surface area contributed by atoms with E-state index in [0.717, 1.165) is 11.3 Å².